The van der Waals surface area contributed by atoms with Crippen molar-refractivity contribution >= 4 is 51.7 Å². The van der Waals surface area contributed by atoms with Crippen LogP contribution in [-0.2, 0) is 36.0 Å². The van der Waals surface area contributed by atoms with Crippen molar-refractivity contribution in [3.05, 3.63) is 143 Å². The molecule has 6 nitrogen and oxygen atoms in total. The Morgan fingerprint density at radius 2 is 0.843 bits per heavy atom. The highest BCUT2D eigenvalue weighted by Gasteiger charge is 2.46. The third kappa shape index (κ3) is 15.3. The van der Waals surface area contributed by atoms with Crippen LogP contribution in [0.3, 0.4) is 0 Å². The van der Waals surface area contributed by atoms with Gasteiger partial charge in [-0.3, -0.25) is 0 Å². The molecule has 70 heavy (non-hydrogen) atoms. The van der Waals surface area contributed by atoms with Crippen LogP contribution in [-0.4, -0.2) is 80.0 Å². The van der Waals surface area contributed by atoms with Gasteiger partial charge in [-0.1, -0.05) is 173 Å². The summed E-state index contributed by atoms with van der Waals surface area (Å²) in [6.07, 6.45) is 6.96. The molecule has 0 N–H and O–H groups in total. The summed E-state index contributed by atoms with van der Waals surface area (Å²) in [6.45, 7) is 39.3. The quantitative estimate of drug-likeness (QED) is 0.0561. The average molecular weight is 1030 g/mol. The highest BCUT2D eigenvalue weighted by Crippen LogP contribution is 2.57. The molecule has 0 aromatic heterocycles. The molecular weight excluding hydrogens is 945 g/mol. The SMILES string of the molecule is CCCCc1cc(C2(c3ccc(OCC4CO4)c(CCCC)c3)c3ccccc3-c3ccccc32)ccc1OCC1CO1.C[Si](C)(C)O[Si](C)(C)O[Si](C)(C)C.C[Si](C)(C)c1ccc([Si](C)(C)C)cc1. The Morgan fingerprint density at radius 1 is 0.486 bits per heavy atom. The summed E-state index contributed by atoms with van der Waals surface area (Å²) >= 11 is 0. The fourth-order valence-electron chi connectivity index (χ4n) is 9.72. The second kappa shape index (κ2) is 23.2. The van der Waals surface area contributed by atoms with E-state index < -0.39 is 46.8 Å². The minimum atomic E-state index is -1.85. The molecule has 2 saturated heterocycles. The van der Waals surface area contributed by atoms with E-state index in [2.05, 4.69) is 215 Å². The molecule has 2 atom stereocenters. The summed E-state index contributed by atoms with van der Waals surface area (Å²) in [5.41, 5.74) is 9.94. The highest BCUT2D eigenvalue weighted by atomic mass is 28.5. The van der Waals surface area contributed by atoms with Gasteiger partial charge < -0.3 is 27.2 Å². The molecule has 5 aromatic rings. The van der Waals surface area contributed by atoms with Crippen molar-refractivity contribution in [2.24, 2.45) is 0 Å². The van der Waals surface area contributed by atoms with Crippen LogP contribution in [0, 0.1) is 0 Å². The van der Waals surface area contributed by atoms with Crippen LogP contribution in [0.25, 0.3) is 11.1 Å². The number of unbranched alkanes of at least 4 members (excludes halogenated alkanes) is 2. The van der Waals surface area contributed by atoms with Crippen LogP contribution in [0.5, 0.6) is 11.5 Å². The number of hydrogen-bond acceptors (Lipinski definition) is 6. The lowest BCUT2D eigenvalue weighted by atomic mass is 9.67. The number of hydrogen-bond donors (Lipinski definition) is 0. The van der Waals surface area contributed by atoms with Crippen molar-refractivity contribution in [1.29, 1.82) is 0 Å². The van der Waals surface area contributed by atoms with Gasteiger partial charge in [-0.05, 0) is 135 Å². The summed E-state index contributed by atoms with van der Waals surface area (Å²) in [6, 6.07) is 41.2. The first kappa shape index (κ1) is 55.9. The summed E-state index contributed by atoms with van der Waals surface area (Å²) < 4.78 is 35.7. The van der Waals surface area contributed by atoms with E-state index in [1.807, 2.05) is 0 Å². The van der Waals surface area contributed by atoms with Gasteiger partial charge in [0.05, 0.1) is 34.8 Å². The fraction of sp³-hybridized carbons (Fsp3) is 0.492. The topological polar surface area (TPSA) is 62.0 Å². The summed E-state index contributed by atoms with van der Waals surface area (Å²) in [5.74, 6) is 1.97. The monoisotopic (exact) mass is 1030 g/mol. The van der Waals surface area contributed by atoms with E-state index in [4.69, 9.17) is 27.2 Å². The highest BCUT2D eigenvalue weighted by molar-refractivity contribution is 6.90. The van der Waals surface area contributed by atoms with Crippen LogP contribution in [0.15, 0.2) is 109 Å². The number of fused-ring (bicyclic) bond motifs is 3. The van der Waals surface area contributed by atoms with Crippen LogP contribution < -0.4 is 19.8 Å². The second-order valence-corrected chi connectivity index (χ2v) is 47.2. The van der Waals surface area contributed by atoms with Gasteiger partial charge in [-0.15, -0.1) is 0 Å². The van der Waals surface area contributed by atoms with Crippen molar-refractivity contribution in [3.63, 3.8) is 0 Å². The van der Waals surface area contributed by atoms with E-state index in [1.54, 1.807) is 10.4 Å². The second-order valence-electron chi connectivity index (χ2n) is 24.1. The Kier molecular flexibility index (Phi) is 18.6. The minimum absolute atomic E-state index is 0.229. The molecule has 2 aliphatic heterocycles. The van der Waals surface area contributed by atoms with Crippen LogP contribution >= 0.6 is 0 Å². The molecule has 2 heterocycles. The molecule has 0 radical (unpaired) electrons. The maximum absolute atomic E-state index is 6.33. The van der Waals surface area contributed by atoms with Gasteiger partial charge >= 0.3 is 8.56 Å². The number of epoxide rings is 2. The largest absolute Gasteiger partial charge is 0.491 e. The Balaban J connectivity index is 0.000000244. The Labute approximate surface area is 429 Å². The zero-order valence-corrected chi connectivity index (χ0v) is 51.1. The molecule has 2 unspecified atom stereocenters. The first-order chi connectivity index (χ1) is 32.8. The van der Waals surface area contributed by atoms with Crippen LogP contribution in [0.1, 0.15) is 72.9 Å². The molecule has 8 rings (SSSR count). The predicted molar refractivity (Wildman–Crippen MR) is 310 cm³/mol. The van der Waals surface area contributed by atoms with E-state index in [0.29, 0.717) is 13.2 Å². The molecule has 2 fully saturated rings. The predicted octanol–water partition coefficient (Wildman–Crippen LogP) is 14.5. The minimum Gasteiger partial charge on any atom is -0.491 e. The van der Waals surface area contributed by atoms with Gasteiger partial charge in [-0.25, -0.2) is 0 Å². The maximum Gasteiger partial charge on any atom is 0.311 e. The van der Waals surface area contributed by atoms with E-state index in [1.165, 1.54) is 44.5 Å². The van der Waals surface area contributed by atoms with Gasteiger partial charge in [0.25, 0.3) is 0 Å². The zero-order valence-electron chi connectivity index (χ0n) is 46.1. The van der Waals surface area contributed by atoms with E-state index in [9.17, 15) is 0 Å². The molecule has 0 bridgehead atoms. The molecule has 11 heteroatoms. The third-order valence-electron chi connectivity index (χ3n) is 12.9. The molecular formula is C59H88O6Si5. The van der Waals surface area contributed by atoms with E-state index in [0.717, 1.165) is 63.2 Å². The van der Waals surface area contributed by atoms with Crippen molar-refractivity contribution < 1.29 is 27.2 Å². The average Bonchev–Trinajstić information content (AvgIpc) is 4.23. The van der Waals surface area contributed by atoms with E-state index in [-0.39, 0.29) is 12.2 Å². The fourth-order valence-corrected chi connectivity index (χ4v) is 24.4. The van der Waals surface area contributed by atoms with Crippen molar-refractivity contribution in [1.82, 2.24) is 0 Å². The first-order valence-electron chi connectivity index (χ1n) is 26.3. The van der Waals surface area contributed by atoms with Gasteiger partial charge in [-0.2, -0.15) is 0 Å². The van der Waals surface area contributed by atoms with Gasteiger partial charge in [0.15, 0.2) is 16.6 Å². The normalized spacial score (nSPS) is 17.0. The van der Waals surface area contributed by atoms with E-state index >= 15 is 0 Å². The number of aryl methyl sites for hydroxylation is 2. The summed E-state index contributed by atoms with van der Waals surface area (Å²) in [4.78, 5) is 0. The van der Waals surface area contributed by atoms with Crippen molar-refractivity contribution in [3.8, 4) is 22.6 Å². The number of rotatable bonds is 20. The van der Waals surface area contributed by atoms with Crippen molar-refractivity contribution in [2.45, 2.75) is 162 Å². The van der Waals surface area contributed by atoms with Crippen LogP contribution in [0.4, 0.5) is 0 Å². The van der Waals surface area contributed by atoms with Gasteiger partial charge in [0, 0.05) is 0 Å². The molecule has 0 amide bonds. The van der Waals surface area contributed by atoms with Gasteiger partial charge in [0.1, 0.15) is 36.9 Å². The Bertz CT molecular complexity index is 2300. The maximum atomic E-state index is 6.33. The Hall–Kier alpha value is -3.38. The molecule has 5 aromatic carbocycles. The molecule has 0 saturated carbocycles. The zero-order chi connectivity index (χ0) is 51.1. The Morgan fingerprint density at radius 3 is 1.16 bits per heavy atom. The first-order valence-corrected chi connectivity index (χ1v) is 42.9. The molecule has 3 aliphatic rings. The summed E-state index contributed by atoms with van der Waals surface area (Å²) in [7, 11) is -6.92. The number of benzene rings is 5. The lowest BCUT2D eigenvalue weighted by Crippen LogP contribution is -2.50. The lowest BCUT2D eigenvalue weighted by Gasteiger charge is -2.35. The molecule has 380 valence electrons. The number of ether oxygens (including phenoxy) is 4. The smallest absolute Gasteiger partial charge is 0.311 e. The molecule has 0 spiro atoms. The third-order valence-corrected chi connectivity index (χ3v) is 25.9. The van der Waals surface area contributed by atoms with Gasteiger partial charge in [0.2, 0.25) is 0 Å². The van der Waals surface area contributed by atoms with Crippen LogP contribution in [0.2, 0.25) is 91.7 Å². The molecule has 1 aliphatic carbocycles. The standard InChI is InChI=1S/C39H42O4.C12H22Si2.C8H24O2Si3/c1-3-5-11-27-21-29(17-19-37(27)42-25-31-23-40-31)39(35-15-9-7-13-33(35)34-14-8-10-16-36(34)39)30-18-20-38(43-26-32-24-41-32)28(22-30)12-6-4-2;1-13(2,3)11-7-9-12(10-8-11)14(4,5)6;1-11(2,3)9-13(7,8)10-12(4,5)6/h7-10,13-22,31-32H,3-6,11-12,23-26H2,1-2H3;7-10H,1-6H3;1-8H3. The van der Waals surface area contributed by atoms with Crippen molar-refractivity contribution in [2.75, 3.05) is 26.4 Å². The summed E-state index contributed by atoms with van der Waals surface area (Å²) in [5, 5.41) is 3.14. The lowest BCUT2D eigenvalue weighted by molar-refractivity contribution is 0.260.